The molecule has 0 atom stereocenters. The van der Waals surface area contributed by atoms with Gasteiger partial charge < -0.3 is 9.84 Å². The van der Waals surface area contributed by atoms with Crippen molar-refractivity contribution in [3.05, 3.63) is 42.1 Å². The van der Waals surface area contributed by atoms with E-state index in [4.69, 9.17) is 9.84 Å². The van der Waals surface area contributed by atoms with Crippen molar-refractivity contribution in [1.82, 2.24) is 4.98 Å². The second kappa shape index (κ2) is 7.63. The van der Waals surface area contributed by atoms with E-state index in [1.54, 1.807) is 6.20 Å². The summed E-state index contributed by atoms with van der Waals surface area (Å²) in [6.45, 7) is 4.38. The maximum atomic E-state index is 8.64. The molecule has 0 unspecified atom stereocenters. The Kier molecular flexibility index (Phi) is 6.04. The van der Waals surface area contributed by atoms with E-state index in [1.807, 2.05) is 25.1 Å². The van der Waals surface area contributed by atoms with Gasteiger partial charge in [-0.2, -0.15) is 0 Å². The van der Waals surface area contributed by atoms with Gasteiger partial charge in [0.2, 0.25) is 5.88 Å². The van der Waals surface area contributed by atoms with Gasteiger partial charge in [0.15, 0.2) is 0 Å². The van der Waals surface area contributed by atoms with E-state index in [1.165, 1.54) is 0 Å². The van der Waals surface area contributed by atoms with Crippen molar-refractivity contribution < 1.29 is 9.84 Å². The van der Waals surface area contributed by atoms with Gasteiger partial charge in [-0.3, -0.25) is 0 Å². The molecular weight excluding hydrogens is 214 g/mol. The number of allylic oxidation sites excluding steroid dienone is 4. The monoisotopic (exact) mass is 233 g/mol. The third-order valence-corrected chi connectivity index (χ3v) is 2.18. The number of aromatic nitrogens is 1. The lowest BCUT2D eigenvalue weighted by Crippen LogP contribution is -2.02. The highest BCUT2D eigenvalue weighted by Crippen LogP contribution is 2.18. The molecule has 0 amide bonds. The molecule has 1 aromatic rings. The second-order valence-electron chi connectivity index (χ2n) is 3.52. The van der Waals surface area contributed by atoms with Gasteiger partial charge in [-0.05, 0) is 30.5 Å². The van der Waals surface area contributed by atoms with E-state index in [-0.39, 0.29) is 13.2 Å². The first kappa shape index (κ1) is 13.5. The summed E-state index contributed by atoms with van der Waals surface area (Å²) in [5.74, 6) is 0.541. The Balaban J connectivity index is 2.81. The molecule has 0 saturated carbocycles. The summed E-state index contributed by atoms with van der Waals surface area (Å²) in [6, 6.07) is 3.79. The van der Waals surface area contributed by atoms with Gasteiger partial charge in [-0.25, -0.2) is 4.98 Å². The fourth-order valence-electron chi connectivity index (χ4n) is 1.47. The Hall–Kier alpha value is -1.61. The topological polar surface area (TPSA) is 42.4 Å². The van der Waals surface area contributed by atoms with E-state index in [2.05, 4.69) is 24.1 Å². The molecule has 3 nitrogen and oxygen atoms in total. The van der Waals surface area contributed by atoms with Crippen molar-refractivity contribution in [1.29, 1.82) is 0 Å². The van der Waals surface area contributed by atoms with Gasteiger partial charge in [0.1, 0.15) is 6.61 Å². The molecule has 1 aromatic heterocycles. The highest BCUT2D eigenvalue weighted by Gasteiger charge is 1.99. The summed E-state index contributed by atoms with van der Waals surface area (Å²) in [4.78, 5) is 4.19. The highest BCUT2D eigenvalue weighted by molar-refractivity contribution is 5.73. The Morgan fingerprint density at radius 1 is 1.47 bits per heavy atom. The predicted octanol–water partition coefficient (Wildman–Crippen LogP) is 2.82. The molecule has 0 bridgehead atoms. The first-order valence-corrected chi connectivity index (χ1v) is 5.84. The van der Waals surface area contributed by atoms with Crippen molar-refractivity contribution in [2.45, 2.75) is 20.3 Å². The van der Waals surface area contributed by atoms with Crippen LogP contribution in [-0.2, 0) is 0 Å². The molecule has 92 valence electrons. The molecule has 0 aliphatic carbocycles. The van der Waals surface area contributed by atoms with Gasteiger partial charge in [0.05, 0.1) is 6.61 Å². The molecule has 0 aromatic carbocycles. The molecule has 1 N–H and O–H groups in total. The quantitative estimate of drug-likeness (QED) is 0.768. The third kappa shape index (κ3) is 4.41. The van der Waals surface area contributed by atoms with E-state index in [0.717, 1.165) is 17.6 Å². The van der Waals surface area contributed by atoms with Gasteiger partial charge in [0.25, 0.3) is 0 Å². The summed E-state index contributed by atoms with van der Waals surface area (Å²) in [5.41, 5.74) is 2.23. The normalized spacial score (nSPS) is 12.1. The van der Waals surface area contributed by atoms with Crippen molar-refractivity contribution in [3.8, 4) is 5.88 Å². The fraction of sp³-hybridized carbons (Fsp3) is 0.357. The number of aliphatic hydroxyl groups excluding tert-OH is 1. The third-order valence-electron chi connectivity index (χ3n) is 2.18. The molecule has 17 heavy (non-hydrogen) atoms. The largest absolute Gasteiger partial charge is 0.475 e. The molecule has 1 rings (SSSR count). The predicted molar refractivity (Wildman–Crippen MR) is 69.9 cm³/mol. The average Bonchev–Trinajstić information content (AvgIpc) is 2.37. The Labute approximate surface area is 102 Å². The minimum absolute atomic E-state index is 0.00297. The molecule has 0 saturated heterocycles. The molecule has 0 aliphatic heterocycles. The van der Waals surface area contributed by atoms with Crippen molar-refractivity contribution in [2.75, 3.05) is 13.2 Å². The smallest absolute Gasteiger partial charge is 0.213 e. The number of hydrogen-bond acceptors (Lipinski definition) is 3. The lowest BCUT2D eigenvalue weighted by molar-refractivity contribution is 0.196. The number of aliphatic hydroxyl groups is 1. The van der Waals surface area contributed by atoms with E-state index in [9.17, 15) is 0 Å². The Bertz CT molecular complexity index is 380. The van der Waals surface area contributed by atoms with Gasteiger partial charge in [0, 0.05) is 12.3 Å². The van der Waals surface area contributed by atoms with Gasteiger partial charge >= 0.3 is 0 Å². The summed E-state index contributed by atoms with van der Waals surface area (Å²) in [6.07, 6.45) is 9.01. The van der Waals surface area contributed by atoms with Crippen LogP contribution in [0.25, 0.3) is 5.57 Å². The van der Waals surface area contributed by atoms with Crippen LogP contribution in [-0.4, -0.2) is 23.3 Å². The lowest BCUT2D eigenvalue weighted by Gasteiger charge is -2.05. The van der Waals surface area contributed by atoms with E-state index >= 15 is 0 Å². The molecule has 1 heterocycles. The summed E-state index contributed by atoms with van der Waals surface area (Å²) in [7, 11) is 0. The molecule has 0 fully saturated rings. The van der Waals surface area contributed by atoms with E-state index < -0.39 is 0 Å². The maximum Gasteiger partial charge on any atom is 0.213 e. The van der Waals surface area contributed by atoms with Crippen LogP contribution in [0.15, 0.2) is 36.6 Å². The molecule has 0 spiro atoms. The van der Waals surface area contributed by atoms with Crippen molar-refractivity contribution in [3.63, 3.8) is 0 Å². The minimum atomic E-state index is 0.00297. The van der Waals surface area contributed by atoms with Crippen LogP contribution in [0.2, 0.25) is 0 Å². The van der Waals surface area contributed by atoms with Gasteiger partial charge in [-0.1, -0.05) is 25.2 Å². The second-order valence-corrected chi connectivity index (χ2v) is 3.52. The summed E-state index contributed by atoms with van der Waals surface area (Å²) < 4.78 is 5.21. The molecular formula is C14H19NO2. The number of hydrogen-bond donors (Lipinski definition) is 1. The molecule has 0 radical (unpaired) electrons. The van der Waals surface area contributed by atoms with E-state index in [0.29, 0.717) is 5.88 Å². The summed E-state index contributed by atoms with van der Waals surface area (Å²) in [5, 5.41) is 8.64. The van der Waals surface area contributed by atoms with Crippen LogP contribution >= 0.6 is 0 Å². The number of pyridine rings is 1. The average molecular weight is 233 g/mol. The van der Waals surface area contributed by atoms with Crippen LogP contribution in [0.5, 0.6) is 5.88 Å². The van der Waals surface area contributed by atoms with Crippen LogP contribution < -0.4 is 4.74 Å². The van der Waals surface area contributed by atoms with Gasteiger partial charge in [-0.15, -0.1) is 0 Å². The molecule has 0 aliphatic rings. The Morgan fingerprint density at radius 3 is 2.82 bits per heavy atom. The number of rotatable bonds is 6. The van der Waals surface area contributed by atoms with Crippen molar-refractivity contribution >= 4 is 5.57 Å². The number of nitrogens with zero attached hydrogens (tertiary/aromatic N) is 1. The first-order chi connectivity index (χ1) is 8.31. The first-order valence-electron chi connectivity index (χ1n) is 5.84. The van der Waals surface area contributed by atoms with Crippen LogP contribution in [0.3, 0.4) is 0 Å². The lowest BCUT2D eigenvalue weighted by atomic mass is 10.1. The zero-order valence-corrected chi connectivity index (χ0v) is 10.4. The minimum Gasteiger partial charge on any atom is -0.475 e. The standard InChI is InChI=1S/C14H19NO2/c1-3-5-12(6-4-2)13-7-8-14(15-11-13)17-10-9-16/h3,5-8,11,16H,4,9-10H2,1-2H3/b5-3-,12-6+. The van der Waals surface area contributed by atoms with Crippen LogP contribution in [0.4, 0.5) is 0 Å². The highest BCUT2D eigenvalue weighted by atomic mass is 16.5. The number of ether oxygens (including phenoxy) is 1. The van der Waals surface area contributed by atoms with Crippen LogP contribution in [0.1, 0.15) is 25.8 Å². The molecule has 3 heteroatoms. The fourth-order valence-corrected chi connectivity index (χ4v) is 1.47. The van der Waals surface area contributed by atoms with Crippen LogP contribution in [0, 0.1) is 0 Å². The zero-order valence-electron chi connectivity index (χ0n) is 10.4. The maximum absolute atomic E-state index is 8.64. The summed E-state index contributed by atoms with van der Waals surface area (Å²) >= 11 is 0. The SMILES string of the molecule is C/C=C\C(=C/CC)c1ccc(OCCO)nc1. The Morgan fingerprint density at radius 2 is 2.29 bits per heavy atom. The van der Waals surface area contributed by atoms with Crippen molar-refractivity contribution in [2.24, 2.45) is 0 Å². The zero-order chi connectivity index (χ0) is 12.5.